The normalized spacial score (nSPS) is 17.6. The zero-order chi connectivity index (χ0) is 23.7. The number of benzene rings is 2. The van der Waals surface area contributed by atoms with E-state index in [0.29, 0.717) is 16.9 Å². The highest BCUT2D eigenvalue weighted by Crippen LogP contribution is 2.42. The van der Waals surface area contributed by atoms with Gasteiger partial charge in [0.25, 0.3) is 11.7 Å². The van der Waals surface area contributed by atoms with E-state index in [1.165, 1.54) is 23.2 Å². The van der Waals surface area contributed by atoms with Crippen molar-refractivity contribution >= 4 is 34.7 Å². The number of nitrogens with zero attached hydrogens (tertiary/aromatic N) is 2. The number of carbonyl (C=O) groups is 2. The van der Waals surface area contributed by atoms with Gasteiger partial charge in [0.1, 0.15) is 17.3 Å². The third-order valence-electron chi connectivity index (χ3n) is 5.13. The van der Waals surface area contributed by atoms with Gasteiger partial charge in [-0.1, -0.05) is 17.7 Å². The van der Waals surface area contributed by atoms with Gasteiger partial charge < -0.3 is 9.84 Å². The number of aliphatic hydroxyl groups is 1. The number of ether oxygens (including phenoxy) is 1. The molecule has 1 aromatic heterocycles. The molecule has 1 aliphatic rings. The number of anilines is 1. The van der Waals surface area contributed by atoms with E-state index in [1.54, 1.807) is 42.6 Å². The van der Waals surface area contributed by atoms with Gasteiger partial charge in [-0.05, 0) is 67.9 Å². The summed E-state index contributed by atoms with van der Waals surface area (Å²) < 4.78 is 19.4. The number of aliphatic hydroxyl groups excluding tert-OH is 1. The van der Waals surface area contributed by atoms with Crippen LogP contribution in [0.15, 0.2) is 72.6 Å². The summed E-state index contributed by atoms with van der Waals surface area (Å²) in [7, 11) is 0. The standard InChI is InChI=1S/C25H20ClFN2O4/c1-14(2)33-18-8-5-15(6-9-18)23(30)21-22(16-4-3-11-28-13-16)29(25(32)24(21)31)17-7-10-20(27)19(26)12-17/h3-14,22,30H,1-2H3/b23-21+. The van der Waals surface area contributed by atoms with Crippen LogP contribution in [0.4, 0.5) is 10.1 Å². The van der Waals surface area contributed by atoms with E-state index in [4.69, 9.17) is 16.3 Å². The van der Waals surface area contributed by atoms with Gasteiger partial charge in [-0.2, -0.15) is 0 Å². The Bertz CT molecular complexity index is 1240. The highest BCUT2D eigenvalue weighted by molar-refractivity contribution is 6.51. The van der Waals surface area contributed by atoms with Crippen LogP contribution >= 0.6 is 11.6 Å². The lowest BCUT2D eigenvalue weighted by molar-refractivity contribution is -0.132. The molecule has 1 N–H and O–H groups in total. The summed E-state index contributed by atoms with van der Waals surface area (Å²) in [6, 6.07) is 12.7. The SMILES string of the molecule is CC(C)Oc1ccc(/C(O)=C2\C(=O)C(=O)N(c3ccc(F)c(Cl)c3)C2c2cccnc2)cc1. The van der Waals surface area contributed by atoms with E-state index in [9.17, 15) is 19.1 Å². The fourth-order valence-electron chi connectivity index (χ4n) is 3.71. The maximum absolute atomic E-state index is 13.7. The smallest absolute Gasteiger partial charge is 0.300 e. The van der Waals surface area contributed by atoms with Crippen molar-refractivity contribution in [1.29, 1.82) is 0 Å². The fourth-order valence-corrected chi connectivity index (χ4v) is 3.88. The van der Waals surface area contributed by atoms with E-state index >= 15 is 0 Å². The third-order valence-corrected chi connectivity index (χ3v) is 5.42. The first-order valence-electron chi connectivity index (χ1n) is 10.2. The first-order valence-corrected chi connectivity index (χ1v) is 10.6. The van der Waals surface area contributed by atoms with Gasteiger partial charge in [0, 0.05) is 23.6 Å². The Labute approximate surface area is 194 Å². The van der Waals surface area contributed by atoms with Crippen LogP contribution in [0, 0.1) is 5.82 Å². The predicted molar refractivity (Wildman–Crippen MR) is 123 cm³/mol. The Balaban J connectivity index is 1.86. The van der Waals surface area contributed by atoms with Gasteiger partial charge >= 0.3 is 0 Å². The fraction of sp³-hybridized carbons (Fsp3) is 0.160. The molecule has 3 aromatic rings. The maximum Gasteiger partial charge on any atom is 0.300 e. The lowest BCUT2D eigenvalue weighted by Gasteiger charge is -2.25. The van der Waals surface area contributed by atoms with Crippen LogP contribution in [-0.2, 0) is 9.59 Å². The quantitative estimate of drug-likeness (QED) is 0.314. The summed E-state index contributed by atoms with van der Waals surface area (Å²) in [5.41, 5.74) is 0.955. The van der Waals surface area contributed by atoms with Gasteiger partial charge in [0.2, 0.25) is 0 Å². The summed E-state index contributed by atoms with van der Waals surface area (Å²) >= 11 is 5.93. The molecule has 8 heteroatoms. The maximum atomic E-state index is 13.7. The summed E-state index contributed by atoms with van der Waals surface area (Å²) in [5.74, 6) is -2.13. The molecule has 168 valence electrons. The number of amides is 1. The second-order valence-electron chi connectivity index (χ2n) is 7.74. The molecule has 1 amide bonds. The summed E-state index contributed by atoms with van der Waals surface area (Å²) in [6.45, 7) is 3.79. The average molecular weight is 467 g/mol. The van der Waals surface area contributed by atoms with Gasteiger partial charge in [0.05, 0.1) is 22.7 Å². The molecule has 1 aliphatic heterocycles. The van der Waals surface area contributed by atoms with E-state index in [1.807, 2.05) is 13.8 Å². The van der Waals surface area contributed by atoms with Gasteiger partial charge in [-0.15, -0.1) is 0 Å². The first kappa shape index (κ1) is 22.5. The molecular weight excluding hydrogens is 447 g/mol. The highest BCUT2D eigenvalue weighted by Gasteiger charge is 2.47. The van der Waals surface area contributed by atoms with Gasteiger partial charge in [0.15, 0.2) is 0 Å². The molecule has 0 bridgehead atoms. The van der Waals surface area contributed by atoms with Crippen LogP contribution in [0.1, 0.15) is 31.0 Å². The molecule has 1 saturated heterocycles. The highest BCUT2D eigenvalue weighted by atomic mass is 35.5. The average Bonchev–Trinajstić information content (AvgIpc) is 3.06. The lowest BCUT2D eigenvalue weighted by atomic mass is 9.96. The van der Waals surface area contributed by atoms with Gasteiger partial charge in [-0.25, -0.2) is 4.39 Å². The number of ketones is 1. The number of aromatic nitrogens is 1. The van der Waals surface area contributed by atoms with Crippen LogP contribution in [0.25, 0.3) is 5.76 Å². The molecule has 0 aliphatic carbocycles. The predicted octanol–water partition coefficient (Wildman–Crippen LogP) is 5.29. The Hall–Kier alpha value is -3.71. The molecule has 1 fully saturated rings. The molecule has 2 aromatic carbocycles. The van der Waals surface area contributed by atoms with E-state index in [-0.39, 0.29) is 28.1 Å². The minimum atomic E-state index is -0.980. The van der Waals surface area contributed by atoms with Crippen molar-refractivity contribution in [3.63, 3.8) is 0 Å². The number of rotatable bonds is 5. The lowest BCUT2D eigenvalue weighted by Crippen LogP contribution is -2.29. The third kappa shape index (κ3) is 4.32. The Kier molecular flexibility index (Phi) is 6.16. The largest absolute Gasteiger partial charge is 0.507 e. The summed E-state index contributed by atoms with van der Waals surface area (Å²) in [5, 5.41) is 10.9. The molecule has 2 heterocycles. The number of halogens is 2. The van der Waals surface area contributed by atoms with Gasteiger partial charge in [-0.3, -0.25) is 19.5 Å². The molecule has 33 heavy (non-hydrogen) atoms. The van der Waals surface area contributed by atoms with E-state index in [2.05, 4.69) is 4.98 Å². The number of pyridine rings is 1. The molecule has 4 rings (SSSR count). The zero-order valence-electron chi connectivity index (χ0n) is 17.8. The summed E-state index contributed by atoms with van der Waals surface area (Å²) in [4.78, 5) is 31.4. The van der Waals surface area contributed by atoms with Crippen LogP contribution < -0.4 is 9.64 Å². The number of hydrogen-bond donors (Lipinski definition) is 1. The first-order chi connectivity index (χ1) is 15.8. The minimum Gasteiger partial charge on any atom is -0.507 e. The number of Topliss-reactive ketones (excluding diaryl/α,β-unsaturated/α-hetero) is 1. The molecule has 1 unspecified atom stereocenters. The monoisotopic (exact) mass is 466 g/mol. The van der Waals surface area contributed by atoms with Crippen molar-refractivity contribution < 1.29 is 23.8 Å². The Morgan fingerprint density at radius 3 is 2.48 bits per heavy atom. The van der Waals surface area contributed by atoms with E-state index < -0.39 is 23.5 Å². The van der Waals surface area contributed by atoms with Crippen molar-refractivity contribution in [3.05, 3.63) is 94.5 Å². The molecular formula is C25H20ClFN2O4. The van der Waals surface area contributed by atoms with Crippen molar-refractivity contribution in [2.24, 2.45) is 0 Å². The molecule has 6 nitrogen and oxygen atoms in total. The number of carbonyl (C=O) groups excluding carboxylic acids is 2. The van der Waals surface area contributed by atoms with Crippen molar-refractivity contribution in [2.45, 2.75) is 26.0 Å². The minimum absolute atomic E-state index is 0.0251. The topological polar surface area (TPSA) is 79.7 Å². The van der Waals surface area contributed by atoms with Crippen LogP contribution in [0.5, 0.6) is 5.75 Å². The van der Waals surface area contributed by atoms with Crippen LogP contribution in [0.3, 0.4) is 0 Å². The van der Waals surface area contributed by atoms with Crippen LogP contribution in [0.2, 0.25) is 5.02 Å². The number of hydrogen-bond acceptors (Lipinski definition) is 5. The zero-order valence-corrected chi connectivity index (χ0v) is 18.6. The van der Waals surface area contributed by atoms with Crippen molar-refractivity contribution in [1.82, 2.24) is 4.98 Å². The molecule has 0 saturated carbocycles. The second-order valence-corrected chi connectivity index (χ2v) is 8.15. The van der Waals surface area contributed by atoms with E-state index in [0.717, 1.165) is 6.07 Å². The Morgan fingerprint density at radius 2 is 1.88 bits per heavy atom. The summed E-state index contributed by atoms with van der Waals surface area (Å²) in [6.07, 6.45) is 3.03. The molecule has 0 radical (unpaired) electrons. The van der Waals surface area contributed by atoms with Crippen molar-refractivity contribution in [2.75, 3.05) is 4.90 Å². The Morgan fingerprint density at radius 1 is 1.15 bits per heavy atom. The molecule has 0 spiro atoms. The molecule has 1 atom stereocenters. The second kappa shape index (κ2) is 9.03. The van der Waals surface area contributed by atoms with Crippen LogP contribution in [-0.4, -0.2) is 27.9 Å². The van der Waals surface area contributed by atoms with Crippen molar-refractivity contribution in [3.8, 4) is 5.75 Å².